The molecule has 0 unspecified atom stereocenters. The van der Waals surface area contributed by atoms with E-state index in [1.807, 2.05) is 0 Å². The van der Waals surface area contributed by atoms with Crippen LogP contribution in [0.2, 0.25) is 5.02 Å². The van der Waals surface area contributed by atoms with E-state index in [2.05, 4.69) is 4.90 Å². The molecule has 2 aliphatic heterocycles. The topological polar surface area (TPSA) is 42.0 Å². The van der Waals surface area contributed by atoms with Crippen molar-refractivity contribution in [3.8, 4) is 5.75 Å². The first kappa shape index (κ1) is 22.0. The maximum absolute atomic E-state index is 14.5. The molecule has 166 valence electrons. The molecule has 0 aromatic heterocycles. The van der Waals surface area contributed by atoms with Gasteiger partial charge in [-0.3, -0.25) is 9.69 Å². The quantitative estimate of drug-likeness (QED) is 0.449. The van der Waals surface area contributed by atoms with Gasteiger partial charge in [0.25, 0.3) is 5.91 Å². The van der Waals surface area contributed by atoms with Gasteiger partial charge in [-0.15, -0.1) is 0 Å². The minimum atomic E-state index is -0.922. The van der Waals surface area contributed by atoms with Crippen LogP contribution in [0.5, 0.6) is 5.75 Å². The van der Waals surface area contributed by atoms with E-state index in [0.29, 0.717) is 17.3 Å². The molecule has 0 aliphatic carbocycles. The Morgan fingerprint density at radius 2 is 1.84 bits per heavy atom. The summed E-state index contributed by atoms with van der Waals surface area (Å²) < 4.78 is 39.6. The highest BCUT2D eigenvalue weighted by molar-refractivity contribution is 6.30. The Morgan fingerprint density at radius 1 is 1.06 bits per heavy atom. The van der Waals surface area contributed by atoms with E-state index in [1.54, 1.807) is 29.2 Å². The molecule has 2 saturated heterocycles. The van der Waals surface area contributed by atoms with Crippen molar-refractivity contribution in [1.82, 2.24) is 9.80 Å². The molecule has 2 atom stereocenters. The highest BCUT2D eigenvalue weighted by Crippen LogP contribution is 2.39. The summed E-state index contributed by atoms with van der Waals surface area (Å²) in [6.45, 7) is 4.69. The van der Waals surface area contributed by atoms with E-state index >= 15 is 0 Å². The highest BCUT2D eigenvalue weighted by Gasteiger charge is 2.50. The molecule has 1 amide bonds. The molecule has 0 spiro atoms. The number of hydrogen-bond donors (Lipinski definition) is 0. The summed E-state index contributed by atoms with van der Waals surface area (Å²) in [5, 5.41) is 0.470. The summed E-state index contributed by atoms with van der Waals surface area (Å²) in [6, 6.07) is 9.29. The van der Waals surface area contributed by atoms with Crippen LogP contribution in [0.1, 0.15) is 24.4 Å². The largest absolute Gasteiger partial charge is 0.478 e. The SMILES string of the molecule is O=C1[C@H](Oc2cccc(Cl)c2)[C@@H](c2cc(F)ccc2F)N1CCCCN1CCOCC1. The third-order valence-electron chi connectivity index (χ3n) is 5.71. The fourth-order valence-corrected chi connectivity index (χ4v) is 4.26. The van der Waals surface area contributed by atoms with Crippen LogP contribution in [0.25, 0.3) is 0 Å². The number of rotatable bonds is 8. The van der Waals surface area contributed by atoms with Crippen molar-refractivity contribution in [2.45, 2.75) is 25.0 Å². The Kier molecular flexibility index (Phi) is 7.05. The molecule has 0 bridgehead atoms. The van der Waals surface area contributed by atoms with Gasteiger partial charge >= 0.3 is 0 Å². The molecule has 2 fully saturated rings. The fourth-order valence-electron chi connectivity index (χ4n) is 4.08. The average Bonchev–Trinajstić information content (AvgIpc) is 2.77. The van der Waals surface area contributed by atoms with Gasteiger partial charge in [-0.25, -0.2) is 8.78 Å². The first-order valence-corrected chi connectivity index (χ1v) is 10.9. The zero-order chi connectivity index (χ0) is 21.8. The van der Waals surface area contributed by atoms with Gasteiger partial charge in [0.1, 0.15) is 23.4 Å². The van der Waals surface area contributed by atoms with Gasteiger partial charge in [-0.1, -0.05) is 17.7 Å². The number of halogens is 3. The Morgan fingerprint density at radius 3 is 2.61 bits per heavy atom. The molecule has 0 radical (unpaired) electrons. The number of hydrogen-bond acceptors (Lipinski definition) is 4. The number of ether oxygens (including phenoxy) is 2. The van der Waals surface area contributed by atoms with Gasteiger partial charge < -0.3 is 14.4 Å². The van der Waals surface area contributed by atoms with Crippen molar-refractivity contribution in [2.75, 3.05) is 39.4 Å². The maximum Gasteiger partial charge on any atom is 0.266 e. The van der Waals surface area contributed by atoms with Crippen molar-refractivity contribution in [3.63, 3.8) is 0 Å². The van der Waals surface area contributed by atoms with Crippen molar-refractivity contribution in [3.05, 3.63) is 64.7 Å². The lowest BCUT2D eigenvalue weighted by molar-refractivity contribution is -0.164. The van der Waals surface area contributed by atoms with Gasteiger partial charge in [-0.2, -0.15) is 0 Å². The standard InChI is InChI=1S/C23H25ClF2N2O3/c24-16-4-3-5-18(14-16)31-22-21(19-15-17(25)6-7-20(19)26)28(23(22)29)9-2-1-8-27-10-12-30-13-11-27/h3-7,14-15,21-22H,1-2,8-13H2/t21-,22-/m1/s1. The summed E-state index contributed by atoms with van der Waals surface area (Å²) in [4.78, 5) is 16.8. The van der Waals surface area contributed by atoms with E-state index in [9.17, 15) is 13.6 Å². The number of β-lactam (4-membered cyclic amide) rings is 1. The first-order chi connectivity index (χ1) is 15.0. The maximum atomic E-state index is 14.5. The smallest absolute Gasteiger partial charge is 0.266 e. The first-order valence-electron chi connectivity index (χ1n) is 10.5. The summed E-state index contributed by atoms with van der Waals surface area (Å²) in [5.41, 5.74) is 0.125. The third-order valence-corrected chi connectivity index (χ3v) is 5.95. The second kappa shape index (κ2) is 9.94. The Labute approximate surface area is 185 Å². The molecule has 0 N–H and O–H groups in total. The molecule has 2 aliphatic rings. The van der Waals surface area contributed by atoms with Crippen molar-refractivity contribution < 1.29 is 23.0 Å². The second-order valence-corrected chi connectivity index (χ2v) is 8.24. The van der Waals surface area contributed by atoms with Crippen LogP contribution in [-0.4, -0.2) is 61.2 Å². The molecular weight excluding hydrogens is 426 g/mol. The molecule has 31 heavy (non-hydrogen) atoms. The van der Waals surface area contributed by atoms with Crippen LogP contribution in [0, 0.1) is 11.6 Å². The molecule has 0 saturated carbocycles. The number of unbranched alkanes of at least 4 members (excludes halogenated alkanes) is 1. The van der Waals surface area contributed by atoms with Gasteiger partial charge in [0.05, 0.1) is 13.2 Å². The minimum Gasteiger partial charge on any atom is -0.478 e. The molecular formula is C23H25ClF2N2O3. The second-order valence-electron chi connectivity index (χ2n) is 7.80. The van der Waals surface area contributed by atoms with Gasteiger partial charge in [-0.05, 0) is 55.8 Å². The van der Waals surface area contributed by atoms with Crippen LogP contribution in [0.3, 0.4) is 0 Å². The summed E-state index contributed by atoms with van der Waals surface area (Å²) in [5.74, 6) is -0.930. The van der Waals surface area contributed by atoms with Crippen LogP contribution in [-0.2, 0) is 9.53 Å². The molecule has 2 aromatic carbocycles. The van der Waals surface area contributed by atoms with E-state index in [1.165, 1.54) is 0 Å². The van der Waals surface area contributed by atoms with E-state index in [0.717, 1.165) is 63.9 Å². The zero-order valence-electron chi connectivity index (χ0n) is 17.1. The Balaban J connectivity index is 1.44. The average molecular weight is 451 g/mol. The number of morpholine rings is 1. The lowest BCUT2D eigenvalue weighted by Crippen LogP contribution is -2.61. The normalized spacial score (nSPS) is 21.8. The van der Waals surface area contributed by atoms with E-state index in [-0.39, 0.29) is 11.5 Å². The fraction of sp³-hybridized carbons (Fsp3) is 0.435. The molecule has 2 heterocycles. The van der Waals surface area contributed by atoms with Gasteiger partial charge in [0.15, 0.2) is 0 Å². The van der Waals surface area contributed by atoms with Crippen molar-refractivity contribution >= 4 is 17.5 Å². The predicted octanol–water partition coefficient (Wildman–Crippen LogP) is 4.06. The predicted molar refractivity (Wildman–Crippen MR) is 113 cm³/mol. The van der Waals surface area contributed by atoms with Crippen LogP contribution in [0.15, 0.2) is 42.5 Å². The monoisotopic (exact) mass is 450 g/mol. The van der Waals surface area contributed by atoms with Gasteiger partial charge in [0.2, 0.25) is 6.10 Å². The van der Waals surface area contributed by atoms with Gasteiger partial charge in [0, 0.05) is 30.2 Å². The summed E-state index contributed by atoms with van der Waals surface area (Å²) in [6.07, 6.45) is 0.747. The van der Waals surface area contributed by atoms with Crippen LogP contribution < -0.4 is 4.74 Å². The van der Waals surface area contributed by atoms with Crippen molar-refractivity contribution in [2.24, 2.45) is 0 Å². The van der Waals surface area contributed by atoms with E-state index < -0.39 is 23.8 Å². The third kappa shape index (κ3) is 5.17. The number of benzene rings is 2. The Bertz CT molecular complexity index is 923. The number of amides is 1. The summed E-state index contributed by atoms with van der Waals surface area (Å²) in [7, 11) is 0. The number of carbonyl (C=O) groups is 1. The number of carbonyl (C=O) groups excluding carboxylic acids is 1. The lowest BCUT2D eigenvalue weighted by Gasteiger charge is -2.47. The molecule has 2 aromatic rings. The van der Waals surface area contributed by atoms with Crippen LogP contribution >= 0.6 is 11.6 Å². The lowest BCUT2D eigenvalue weighted by atomic mass is 9.89. The molecule has 5 nitrogen and oxygen atoms in total. The molecule has 8 heteroatoms. The molecule has 4 rings (SSSR count). The van der Waals surface area contributed by atoms with E-state index in [4.69, 9.17) is 21.1 Å². The number of nitrogens with zero attached hydrogens (tertiary/aromatic N) is 2. The Hall–Kier alpha value is -2.22. The minimum absolute atomic E-state index is 0.125. The van der Waals surface area contributed by atoms with Crippen LogP contribution in [0.4, 0.5) is 8.78 Å². The zero-order valence-corrected chi connectivity index (χ0v) is 17.9. The summed E-state index contributed by atoms with van der Waals surface area (Å²) >= 11 is 6.01. The highest BCUT2D eigenvalue weighted by atomic mass is 35.5. The van der Waals surface area contributed by atoms with Crippen molar-refractivity contribution in [1.29, 1.82) is 0 Å². The number of likely N-dealkylation sites (tertiary alicyclic amines) is 1.